The van der Waals surface area contributed by atoms with Crippen molar-refractivity contribution in [2.45, 2.75) is 44.6 Å². The van der Waals surface area contributed by atoms with Gasteiger partial charge in [-0.25, -0.2) is 14.3 Å². The fourth-order valence-corrected chi connectivity index (χ4v) is 4.84. The van der Waals surface area contributed by atoms with E-state index in [1.54, 1.807) is 14.2 Å². The third-order valence-electron chi connectivity index (χ3n) is 5.74. The predicted molar refractivity (Wildman–Crippen MR) is 140 cm³/mol. The Hall–Kier alpha value is -3.16. The zero-order valence-electron chi connectivity index (χ0n) is 22.4. The first-order valence-corrected chi connectivity index (χ1v) is 13.3. The maximum atomic E-state index is 13.0. The highest BCUT2D eigenvalue weighted by atomic mass is 32.2. The third kappa shape index (κ3) is 7.43. The Labute approximate surface area is 218 Å². The van der Waals surface area contributed by atoms with E-state index < -0.39 is 27.0 Å². The molecule has 12 nitrogen and oxygen atoms in total. The average Bonchev–Trinajstić information content (AvgIpc) is 3.21. The number of carboxylic acid groups (broad SMARTS) is 1. The largest absolute Gasteiger partial charge is 0.477 e. The van der Waals surface area contributed by atoms with Gasteiger partial charge in [-0.2, -0.15) is 13.5 Å². The summed E-state index contributed by atoms with van der Waals surface area (Å²) in [5.74, 6) is -1.34. The van der Waals surface area contributed by atoms with Gasteiger partial charge in [0.2, 0.25) is 0 Å². The predicted octanol–water partition coefficient (Wildman–Crippen LogP) is 2.97. The van der Waals surface area contributed by atoms with Crippen molar-refractivity contribution in [3.05, 3.63) is 35.0 Å². The zero-order chi connectivity index (χ0) is 27.9. The van der Waals surface area contributed by atoms with E-state index >= 15 is 0 Å². The summed E-state index contributed by atoms with van der Waals surface area (Å²) in [5, 5.41) is 15.1. The molecule has 1 aromatic heterocycles. The lowest BCUT2D eigenvalue weighted by Gasteiger charge is -2.31. The lowest BCUT2D eigenvalue weighted by atomic mass is 9.90. The number of rotatable bonds is 13. The van der Waals surface area contributed by atoms with Crippen molar-refractivity contribution in [1.29, 1.82) is 0 Å². The molecule has 0 spiro atoms. The van der Waals surface area contributed by atoms with Crippen molar-refractivity contribution in [3.8, 4) is 0 Å². The molecule has 0 bridgehead atoms. The number of ether oxygens (including phenoxy) is 2. The third-order valence-corrected chi connectivity index (χ3v) is 6.95. The zero-order valence-corrected chi connectivity index (χ0v) is 23.2. The van der Waals surface area contributed by atoms with Crippen LogP contribution in [0.4, 0.5) is 16.2 Å². The number of anilines is 2. The monoisotopic (exact) mass is 539 g/mol. The Bertz CT molecular complexity index is 1200. The highest BCUT2D eigenvalue weighted by molar-refractivity contribution is 7.90. The number of benzene rings is 1. The van der Waals surface area contributed by atoms with Crippen LogP contribution in [0.3, 0.4) is 0 Å². The van der Waals surface area contributed by atoms with Crippen LogP contribution in [0.2, 0.25) is 0 Å². The Morgan fingerprint density at radius 2 is 1.68 bits per heavy atom. The number of hydrogen-bond donors (Lipinski definition) is 3. The molecule has 1 heterocycles. The standard InChI is InChI=1S/C24H37N5O7S/c1-15(2)17-8-9-18(29(10-12-35-6)11-13-36-7)21(16(3)4)22(17)25-24(32)27-37(33,34)20-14-19(23(30)31)28(5)26-20/h8-9,14-16H,10-13H2,1-7H3,(H,30,31)(H2,25,27,32). The van der Waals surface area contributed by atoms with Gasteiger partial charge < -0.3 is 24.8 Å². The Morgan fingerprint density at radius 3 is 2.14 bits per heavy atom. The molecule has 0 saturated heterocycles. The number of nitrogens with one attached hydrogen (secondary N) is 2. The summed E-state index contributed by atoms with van der Waals surface area (Å²) >= 11 is 0. The maximum absolute atomic E-state index is 13.0. The highest BCUT2D eigenvalue weighted by Gasteiger charge is 2.27. The quantitative estimate of drug-likeness (QED) is 0.349. The second-order valence-corrected chi connectivity index (χ2v) is 10.7. The summed E-state index contributed by atoms with van der Waals surface area (Å²) in [6, 6.07) is 3.82. The first-order chi connectivity index (χ1) is 17.3. The lowest BCUT2D eigenvalue weighted by Crippen LogP contribution is -2.36. The first-order valence-electron chi connectivity index (χ1n) is 11.8. The second-order valence-electron chi connectivity index (χ2n) is 9.10. The van der Waals surface area contributed by atoms with E-state index in [4.69, 9.17) is 9.47 Å². The number of urea groups is 1. The first kappa shape index (κ1) is 30.1. The van der Waals surface area contributed by atoms with Crippen molar-refractivity contribution in [1.82, 2.24) is 14.5 Å². The maximum Gasteiger partial charge on any atom is 0.354 e. The van der Waals surface area contributed by atoms with Crippen LogP contribution in [-0.4, -0.2) is 75.8 Å². The molecule has 0 fully saturated rings. The fourth-order valence-electron chi connectivity index (χ4n) is 3.95. The number of carbonyl (C=O) groups is 2. The minimum absolute atomic E-state index is 0.0258. The summed E-state index contributed by atoms with van der Waals surface area (Å²) in [4.78, 5) is 26.4. The summed E-state index contributed by atoms with van der Waals surface area (Å²) in [6.45, 7) is 10.1. The van der Waals surface area contributed by atoms with E-state index in [1.807, 2.05) is 44.5 Å². The van der Waals surface area contributed by atoms with Crippen molar-refractivity contribution < 1.29 is 32.6 Å². The fraction of sp³-hybridized carbons (Fsp3) is 0.542. The van der Waals surface area contributed by atoms with Crippen LogP contribution in [0, 0.1) is 0 Å². The molecule has 0 radical (unpaired) electrons. The van der Waals surface area contributed by atoms with Crippen LogP contribution < -0.4 is 14.9 Å². The molecule has 3 N–H and O–H groups in total. The number of carboxylic acids is 1. The van der Waals surface area contributed by atoms with Crippen LogP contribution in [0.25, 0.3) is 0 Å². The van der Waals surface area contributed by atoms with Gasteiger partial charge in [-0.05, 0) is 23.5 Å². The van der Waals surface area contributed by atoms with Crippen LogP contribution in [-0.2, 0) is 26.5 Å². The molecule has 37 heavy (non-hydrogen) atoms. The number of nitrogens with zero attached hydrogens (tertiary/aromatic N) is 3. The second kappa shape index (κ2) is 12.9. The van der Waals surface area contributed by atoms with Crippen molar-refractivity contribution >= 4 is 33.4 Å². The highest BCUT2D eigenvalue weighted by Crippen LogP contribution is 2.39. The lowest BCUT2D eigenvalue weighted by molar-refractivity contribution is 0.0685. The van der Waals surface area contributed by atoms with E-state index in [2.05, 4.69) is 15.3 Å². The van der Waals surface area contributed by atoms with Crippen molar-refractivity contribution in [3.63, 3.8) is 0 Å². The van der Waals surface area contributed by atoms with Crippen LogP contribution >= 0.6 is 0 Å². The summed E-state index contributed by atoms with van der Waals surface area (Å²) in [5.41, 5.74) is 2.75. The Morgan fingerprint density at radius 1 is 1.08 bits per heavy atom. The SMILES string of the molecule is COCCN(CCOC)c1ccc(C(C)C)c(NC(=O)NS(=O)(=O)c2cc(C(=O)O)n(C)n2)c1C(C)C. The van der Waals surface area contributed by atoms with Gasteiger partial charge in [-0.3, -0.25) is 4.68 Å². The van der Waals surface area contributed by atoms with Gasteiger partial charge in [0.15, 0.2) is 5.03 Å². The molecule has 0 saturated carbocycles. The van der Waals surface area contributed by atoms with Gasteiger partial charge >= 0.3 is 12.0 Å². The molecule has 13 heteroatoms. The van der Waals surface area contributed by atoms with E-state index in [9.17, 15) is 23.1 Å². The molecule has 0 atom stereocenters. The molecule has 2 amide bonds. The minimum Gasteiger partial charge on any atom is -0.477 e. The molecule has 2 aromatic rings. The van der Waals surface area contributed by atoms with Crippen LogP contribution in [0.5, 0.6) is 0 Å². The van der Waals surface area contributed by atoms with E-state index in [0.717, 1.165) is 27.6 Å². The van der Waals surface area contributed by atoms with Crippen LogP contribution in [0.1, 0.15) is 61.1 Å². The summed E-state index contributed by atoms with van der Waals surface area (Å²) in [7, 11) is 0.117. The van der Waals surface area contributed by atoms with E-state index in [0.29, 0.717) is 32.0 Å². The minimum atomic E-state index is -4.43. The normalized spacial score (nSPS) is 11.7. The Kier molecular flexibility index (Phi) is 10.5. The number of aromatic carboxylic acids is 1. The number of aryl methyl sites for hydroxylation is 1. The number of amides is 2. The molecule has 2 rings (SSSR count). The summed E-state index contributed by atoms with van der Waals surface area (Å²) in [6.07, 6.45) is 0. The van der Waals surface area contributed by atoms with E-state index in [-0.39, 0.29) is 17.5 Å². The van der Waals surface area contributed by atoms with Gasteiger partial charge in [0.25, 0.3) is 10.0 Å². The number of methoxy groups -OCH3 is 2. The Balaban J connectivity index is 2.50. The molecular formula is C24H37N5O7S. The number of aromatic nitrogens is 2. The van der Waals surface area contributed by atoms with Crippen molar-refractivity contribution in [2.75, 3.05) is 50.7 Å². The van der Waals surface area contributed by atoms with Crippen molar-refractivity contribution in [2.24, 2.45) is 7.05 Å². The molecular weight excluding hydrogens is 502 g/mol. The molecule has 1 aromatic carbocycles. The van der Waals surface area contributed by atoms with Gasteiger partial charge in [-0.1, -0.05) is 33.8 Å². The van der Waals surface area contributed by atoms with Gasteiger partial charge in [0.05, 0.1) is 18.9 Å². The molecule has 0 aliphatic carbocycles. The molecule has 206 valence electrons. The molecule has 0 aliphatic heterocycles. The molecule has 0 aliphatic rings. The van der Waals surface area contributed by atoms with Gasteiger partial charge in [0.1, 0.15) is 5.69 Å². The van der Waals surface area contributed by atoms with Gasteiger partial charge in [-0.15, -0.1) is 0 Å². The topological polar surface area (TPSA) is 152 Å². The summed E-state index contributed by atoms with van der Waals surface area (Å²) < 4.78 is 39.0. The molecule has 0 unspecified atom stereocenters. The number of sulfonamides is 1. The average molecular weight is 540 g/mol. The van der Waals surface area contributed by atoms with Crippen LogP contribution in [0.15, 0.2) is 23.2 Å². The van der Waals surface area contributed by atoms with E-state index in [1.165, 1.54) is 7.05 Å². The number of hydrogen-bond acceptors (Lipinski definition) is 8. The number of carbonyl (C=O) groups excluding carboxylic acids is 1. The van der Waals surface area contributed by atoms with Gasteiger partial charge in [0, 0.05) is 51.7 Å². The smallest absolute Gasteiger partial charge is 0.354 e.